The number of nitrogens with zero attached hydrogens (tertiary/aromatic N) is 2. The number of rotatable bonds is 4. The summed E-state index contributed by atoms with van der Waals surface area (Å²) in [5, 5.41) is 22.2. The number of aromatic carboxylic acids is 1. The number of hydrogen-bond acceptors (Lipinski definition) is 7. The number of hydrogen-bond donors (Lipinski definition) is 3. The topological polar surface area (TPSA) is 132 Å². The molecule has 100 valence electrons. The Morgan fingerprint density at radius 1 is 1.53 bits per heavy atom. The Labute approximate surface area is 107 Å². The van der Waals surface area contributed by atoms with E-state index in [0.717, 1.165) is 0 Å². The van der Waals surface area contributed by atoms with E-state index in [1.165, 1.54) is 19.2 Å². The van der Waals surface area contributed by atoms with Gasteiger partial charge in [-0.3, -0.25) is 0 Å². The predicted octanol–water partition coefficient (Wildman–Crippen LogP) is 0.608. The molecule has 0 unspecified atom stereocenters. The minimum absolute atomic E-state index is 0.0686. The highest BCUT2D eigenvalue weighted by Crippen LogP contribution is 2.34. The van der Waals surface area contributed by atoms with E-state index in [0.29, 0.717) is 5.56 Å². The van der Waals surface area contributed by atoms with E-state index in [9.17, 15) is 9.90 Å². The van der Waals surface area contributed by atoms with Gasteiger partial charge in [-0.1, -0.05) is 5.16 Å². The second kappa shape index (κ2) is 4.94. The molecule has 0 amide bonds. The summed E-state index contributed by atoms with van der Waals surface area (Å²) in [7, 11) is 1.38. The second-order valence-corrected chi connectivity index (χ2v) is 3.59. The molecule has 19 heavy (non-hydrogen) atoms. The van der Waals surface area contributed by atoms with Gasteiger partial charge in [-0.25, -0.2) is 4.79 Å². The van der Waals surface area contributed by atoms with Crippen LogP contribution in [0.1, 0.15) is 16.2 Å². The molecule has 0 saturated carbocycles. The van der Waals surface area contributed by atoms with Crippen LogP contribution in [0, 0.1) is 0 Å². The highest BCUT2D eigenvalue weighted by molar-refractivity contribution is 5.93. The Balaban J connectivity index is 2.60. The first kappa shape index (κ1) is 12.8. The number of carbonyl (C=O) groups is 1. The van der Waals surface area contributed by atoms with Gasteiger partial charge in [0, 0.05) is 6.07 Å². The van der Waals surface area contributed by atoms with Gasteiger partial charge < -0.3 is 25.2 Å². The van der Waals surface area contributed by atoms with E-state index < -0.39 is 11.7 Å². The van der Waals surface area contributed by atoms with Crippen molar-refractivity contribution in [2.75, 3.05) is 7.11 Å². The summed E-state index contributed by atoms with van der Waals surface area (Å²) >= 11 is 0. The third kappa shape index (κ3) is 2.33. The third-order valence-electron chi connectivity index (χ3n) is 2.43. The molecule has 4 N–H and O–H groups in total. The Bertz CT molecular complexity index is 623. The molecule has 0 aliphatic carbocycles. The van der Waals surface area contributed by atoms with Gasteiger partial charge in [-0.2, -0.15) is 4.98 Å². The lowest BCUT2D eigenvalue weighted by Crippen LogP contribution is -2.00. The minimum Gasteiger partial charge on any atom is -0.507 e. The molecule has 0 radical (unpaired) electrons. The molecule has 1 aromatic heterocycles. The fourth-order valence-corrected chi connectivity index (χ4v) is 1.53. The maximum atomic E-state index is 11.0. The Morgan fingerprint density at radius 2 is 2.26 bits per heavy atom. The zero-order valence-corrected chi connectivity index (χ0v) is 9.95. The third-order valence-corrected chi connectivity index (χ3v) is 2.43. The van der Waals surface area contributed by atoms with Crippen molar-refractivity contribution in [3.63, 3.8) is 0 Å². The average molecular weight is 265 g/mol. The average Bonchev–Trinajstić information content (AvgIpc) is 2.86. The molecular formula is C11H11N3O5. The Morgan fingerprint density at radius 3 is 2.79 bits per heavy atom. The number of methoxy groups -OCH3 is 1. The molecule has 2 aromatic rings. The van der Waals surface area contributed by atoms with Crippen LogP contribution in [-0.2, 0) is 6.54 Å². The standard InChI is InChI=1S/C11H11N3O5/c1-18-8-3-7(15)5(11(16)17)2-6(8)10-13-9(4-12)19-14-10/h2-3,15H,4,12H2,1H3,(H,16,17). The minimum atomic E-state index is -1.27. The number of ether oxygens (including phenoxy) is 1. The molecule has 2 rings (SSSR count). The quantitative estimate of drug-likeness (QED) is 0.732. The molecule has 0 saturated heterocycles. The summed E-state index contributed by atoms with van der Waals surface area (Å²) in [4.78, 5) is 15.0. The van der Waals surface area contributed by atoms with E-state index in [4.69, 9.17) is 20.1 Å². The highest BCUT2D eigenvalue weighted by atomic mass is 16.5. The Hall–Kier alpha value is -2.61. The summed E-state index contributed by atoms with van der Waals surface area (Å²) in [5.41, 5.74) is 5.36. The van der Waals surface area contributed by atoms with Crippen LogP contribution in [-0.4, -0.2) is 33.4 Å². The van der Waals surface area contributed by atoms with Crippen molar-refractivity contribution in [2.45, 2.75) is 6.54 Å². The number of carboxylic acids is 1. The summed E-state index contributed by atoms with van der Waals surface area (Å²) in [6.45, 7) is 0.0686. The predicted molar refractivity (Wildman–Crippen MR) is 62.8 cm³/mol. The lowest BCUT2D eigenvalue weighted by atomic mass is 10.1. The van der Waals surface area contributed by atoms with E-state index in [2.05, 4.69) is 10.1 Å². The van der Waals surface area contributed by atoms with Crippen molar-refractivity contribution in [2.24, 2.45) is 5.73 Å². The molecule has 0 spiro atoms. The molecule has 0 fully saturated rings. The largest absolute Gasteiger partial charge is 0.507 e. The number of carboxylic acid groups (broad SMARTS) is 1. The van der Waals surface area contributed by atoms with Gasteiger partial charge in [-0.05, 0) is 6.07 Å². The van der Waals surface area contributed by atoms with Crippen molar-refractivity contribution in [1.82, 2.24) is 10.1 Å². The number of aromatic nitrogens is 2. The maximum Gasteiger partial charge on any atom is 0.339 e. The summed E-state index contributed by atoms with van der Waals surface area (Å²) in [5.74, 6) is -1.10. The van der Waals surface area contributed by atoms with Gasteiger partial charge in [0.25, 0.3) is 0 Å². The van der Waals surface area contributed by atoms with Crippen LogP contribution in [0.4, 0.5) is 0 Å². The zero-order chi connectivity index (χ0) is 14.0. The molecule has 1 aromatic carbocycles. The first-order valence-corrected chi connectivity index (χ1v) is 5.24. The van der Waals surface area contributed by atoms with Crippen LogP contribution in [0.3, 0.4) is 0 Å². The summed E-state index contributed by atoms with van der Waals surface area (Å²) in [6, 6.07) is 2.39. The van der Waals surface area contributed by atoms with Crippen molar-refractivity contribution in [3.05, 3.63) is 23.6 Å². The molecule has 0 bridgehead atoms. The van der Waals surface area contributed by atoms with Crippen LogP contribution < -0.4 is 10.5 Å². The van der Waals surface area contributed by atoms with Gasteiger partial charge in [-0.15, -0.1) is 0 Å². The summed E-state index contributed by atoms with van der Waals surface area (Å²) in [6.07, 6.45) is 0. The van der Waals surface area contributed by atoms with E-state index in [1.54, 1.807) is 0 Å². The molecule has 1 heterocycles. The fraction of sp³-hybridized carbons (Fsp3) is 0.182. The molecule has 8 heteroatoms. The zero-order valence-electron chi connectivity index (χ0n) is 9.95. The number of benzene rings is 1. The van der Waals surface area contributed by atoms with Crippen LogP contribution in [0.15, 0.2) is 16.7 Å². The van der Waals surface area contributed by atoms with Crippen LogP contribution in [0.2, 0.25) is 0 Å². The summed E-state index contributed by atoms with van der Waals surface area (Å²) < 4.78 is 9.90. The normalized spacial score (nSPS) is 10.4. The second-order valence-electron chi connectivity index (χ2n) is 3.59. The lowest BCUT2D eigenvalue weighted by Gasteiger charge is -2.08. The van der Waals surface area contributed by atoms with Gasteiger partial charge in [0.1, 0.15) is 17.1 Å². The van der Waals surface area contributed by atoms with E-state index >= 15 is 0 Å². The molecule has 8 nitrogen and oxygen atoms in total. The van der Waals surface area contributed by atoms with Gasteiger partial charge >= 0.3 is 5.97 Å². The maximum absolute atomic E-state index is 11.0. The number of phenols is 1. The van der Waals surface area contributed by atoms with Crippen molar-refractivity contribution < 1.29 is 24.3 Å². The monoisotopic (exact) mass is 265 g/mol. The van der Waals surface area contributed by atoms with Gasteiger partial charge in [0.15, 0.2) is 0 Å². The van der Waals surface area contributed by atoms with Gasteiger partial charge in [0.2, 0.25) is 11.7 Å². The van der Waals surface area contributed by atoms with Crippen molar-refractivity contribution >= 4 is 5.97 Å². The van der Waals surface area contributed by atoms with Crippen LogP contribution in [0.25, 0.3) is 11.4 Å². The SMILES string of the molecule is COc1cc(O)c(C(=O)O)cc1-c1noc(CN)n1. The smallest absolute Gasteiger partial charge is 0.339 e. The first-order chi connectivity index (χ1) is 9.06. The molecular weight excluding hydrogens is 254 g/mol. The molecule has 0 atom stereocenters. The van der Waals surface area contributed by atoms with E-state index in [1.807, 2.05) is 0 Å². The number of aromatic hydroxyl groups is 1. The van der Waals surface area contributed by atoms with Crippen LogP contribution >= 0.6 is 0 Å². The lowest BCUT2D eigenvalue weighted by molar-refractivity contribution is 0.0693. The van der Waals surface area contributed by atoms with Crippen molar-refractivity contribution in [1.29, 1.82) is 0 Å². The van der Waals surface area contributed by atoms with Crippen molar-refractivity contribution in [3.8, 4) is 22.9 Å². The Kier molecular flexibility index (Phi) is 3.34. The number of nitrogens with two attached hydrogens (primary N) is 1. The van der Waals surface area contributed by atoms with Gasteiger partial charge in [0.05, 0.1) is 19.2 Å². The molecule has 0 aliphatic rings. The fourth-order valence-electron chi connectivity index (χ4n) is 1.53. The molecule has 0 aliphatic heterocycles. The highest BCUT2D eigenvalue weighted by Gasteiger charge is 2.19. The van der Waals surface area contributed by atoms with Crippen LogP contribution in [0.5, 0.6) is 11.5 Å². The van der Waals surface area contributed by atoms with E-state index in [-0.39, 0.29) is 29.6 Å². The first-order valence-electron chi connectivity index (χ1n) is 5.24.